The van der Waals surface area contributed by atoms with Gasteiger partial charge in [-0.2, -0.15) is 0 Å². The van der Waals surface area contributed by atoms with Crippen molar-refractivity contribution in [3.8, 4) is 0 Å². The maximum absolute atomic E-state index is 6.06. The standard InChI is InChI=1S/C17H34N2/c1-4-19(16-9-7-14(18)8-10-16)15-6-5-12-17(2,3)13-11-15/h14-16H,4-13,18H2,1-3H3. The minimum absolute atomic E-state index is 0.475. The van der Waals surface area contributed by atoms with Crippen molar-refractivity contribution < 1.29 is 0 Å². The summed E-state index contributed by atoms with van der Waals surface area (Å²) in [7, 11) is 0. The molecular weight excluding hydrogens is 232 g/mol. The third-order valence-corrected chi connectivity index (χ3v) is 5.59. The van der Waals surface area contributed by atoms with Gasteiger partial charge in [0.2, 0.25) is 0 Å². The van der Waals surface area contributed by atoms with Crippen LogP contribution in [-0.4, -0.2) is 29.6 Å². The van der Waals surface area contributed by atoms with E-state index < -0.39 is 0 Å². The SMILES string of the molecule is CCN(C1CCC(N)CC1)C1CCCC(C)(C)CC1. The summed E-state index contributed by atoms with van der Waals surface area (Å²) in [6.07, 6.45) is 12.2. The fraction of sp³-hybridized carbons (Fsp3) is 1.00. The van der Waals surface area contributed by atoms with Gasteiger partial charge in [-0.15, -0.1) is 0 Å². The highest BCUT2D eigenvalue weighted by molar-refractivity contribution is 4.87. The van der Waals surface area contributed by atoms with Gasteiger partial charge in [0.1, 0.15) is 0 Å². The zero-order valence-electron chi connectivity index (χ0n) is 13.3. The van der Waals surface area contributed by atoms with E-state index >= 15 is 0 Å². The predicted octanol–water partition coefficient (Wildman–Crippen LogP) is 3.94. The van der Waals surface area contributed by atoms with Gasteiger partial charge < -0.3 is 5.73 Å². The van der Waals surface area contributed by atoms with Gasteiger partial charge in [0.25, 0.3) is 0 Å². The Bertz CT molecular complexity index is 266. The van der Waals surface area contributed by atoms with Crippen LogP contribution in [-0.2, 0) is 0 Å². The molecule has 0 amide bonds. The summed E-state index contributed by atoms with van der Waals surface area (Å²) in [5, 5.41) is 0. The number of hydrogen-bond donors (Lipinski definition) is 1. The second kappa shape index (κ2) is 6.58. The molecule has 0 saturated heterocycles. The molecule has 2 saturated carbocycles. The first-order valence-corrected chi connectivity index (χ1v) is 8.53. The van der Waals surface area contributed by atoms with Crippen LogP contribution in [0, 0.1) is 5.41 Å². The van der Waals surface area contributed by atoms with Gasteiger partial charge >= 0.3 is 0 Å². The molecule has 0 aromatic carbocycles. The van der Waals surface area contributed by atoms with E-state index in [1.807, 2.05) is 0 Å². The maximum Gasteiger partial charge on any atom is 0.00992 e. The number of rotatable bonds is 3. The monoisotopic (exact) mass is 266 g/mol. The summed E-state index contributed by atoms with van der Waals surface area (Å²) < 4.78 is 0. The molecule has 2 aliphatic carbocycles. The fourth-order valence-corrected chi connectivity index (χ4v) is 4.22. The molecule has 2 aliphatic rings. The van der Waals surface area contributed by atoms with Gasteiger partial charge in [-0.3, -0.25) is 4.90 Å². The highest BCUT2D eigenvalue weighted by Gasteiger charge is 2.31. The molecule has 2 N–H and O–H groups in total. The number of nitrogens with two attached hydrogens (primary N) is 1. The summed E-state index contributed by atoms with van der Waals surface area (Å²) in [5.41, 5.74) is 6.63. The van der Waals surface area contributed by atoms with E-state index in [1.165, 1.54) is 64.3 Å². The van der Waals surface area contributed by atoms with Crippen LogP contribution in [0.2, 0.25) is 0 Å². The van der Waals surface area contributed by atoms with Gasteiger partial charge in [-0.1, -0.05) is 27.2 Å². The lowest BCUT2D eigenvalue weighted by Gasteiger charge is -2.40. The molecule has 0 aromatic heterocycles. The van der Waals surface area contributed by atoms with Crippen LogP contribution in [0.15, 0.2) is 0 Å². The average molecular weight is 266 g/mol. The van der Waals surface area contributed by atoms with Crippen LogP contribution < -0.4 is 5.73 Å². The van der Waals surface area contributed by atoms with Crippen molar-refractivity contribution in [2.75, 3.05) is 6.54 Å². The smallest absolute Gasteiger partial charge is 0.00992 e. The van der Waals surface area contributed by atoms with E-state index in [0.29, 0.717) is 11.5 Å². The van der Waals surface area contributed by atoms with Crippen LogP contribution in [0.25, 0.3) is 0 Å². The third kappa shape index (κ3) is 4.19. The maximum atomic E-state index is 6.06. The molecule has 1 atom stereocenters. The van der Waals surface area contributed by atoms with Gasteiger partial charge in [0.05, 0.1) is 0 Å². The van der Waals surface area contributed by atoms with Crippen molar-refractivity contribution >= 4 is 0 Å². The number of hydrogen-bond acceptors (Lipinski definition) is 2. The molecule has 0 heterocycles. The Balaban J connectivity index is 1.93. The molecule has 0 spiro atoms. The van der Waals surface area contributed by atoms with E-state index in [-0.39, 0.29) is 0 Å². The quantitative estimate of drug-likeness (QED) is 0.784. The Morgan fingerprint density at radius 2 is 1.58 bits per heavy atom. The van der Waals surface area contributed by atoms with Crippen LogP contribution >= 0.6 is 0 Å². The highest BCUT2D eigenvalue weighted by Crippen LogP contribution is 2.36. The van der Waals surface area contributed by atoms with Gasteiger partial charge in [0.15, 0.2) is 0 Å². The molecule has 2 fully saturated rings. The summed E-state index contributed by atoms with van der Waals surface area (Å²) in [5.74, 6) is 0. The second-order valence-electron chi connectivity index (χ2n) is 7.65. The largest absolute Gasteiger partial charge is 0.328 e. The summed E-state index contributed by atoms with van der Waals surface area (Å²) >= 11 is 0. The first-order chi connectivity index (χ1) is 9.02. The normalized spacial score (nSPS) is 36.2. The second-order valence-corrected chi connectivity index (χ2v) is 7.65. The van der Waals surface area contributed by atoms with Crippen LogP contribution in [0.5, 0.6) is 0 Å². The molecule has 112 valence electrons. The Morgan fingerprint density at radius 1 is 0.947 bits per heavy atom. The van der Waals surface area contributed by atoms with Crippen molar-refractivity contribution in [1.29, 1.82) is 0 Å². The molecule has 0 radical (unpaired) electrons. The van der Waals surface area contributed by atoms with E-state index in [0.717, 1.165) is 12.1 Å². The van der Waals surface area contributed by atoms with E-state index in [9.17, 15) is 0 Å². The van der Waals surface area contributed by atoms with E-state index in [4.69, 9.17) is 5.73 Å². The Hall–Kier alpha value is -0.0800. The zero-order valence-corrected chi connectivity index (χ0v) is 13.3. The van der Waals surface area contributed by atoms with Crippen molar-refractivity contribution in [3.05, 3.63) is 0 Å². The van der Waals surface area contributed by atoms with Crippen molar-refractivity contribution in [2.45, 2.75) is 96.7 Å². The molecule has 0 bridgehead atoms. The molecule has 0 aliphatic heterocycles. The van der Waals surface area contributed by atoms with Gasteiger partial charge in [0, 0.05) is 18.1 Å². The molecular formula is C17H34N2. The van der Waals surface area contributed by atoms with Crippen LogP contribution in [0.3, 0.4) is 0 Å². The molecule has 19 heavy (non-hydrogen) atoms. The summed E-state index contributed by atoms with van der Waals surface area (Å²) in [4.78, 5) is 2.83. The summed E-state index contributed by atoms with van der Waals surface area (Å²) in [6.45, 7) is 8.48. The minimum Gasteiger partial charge on any atom is -0.328 e. The first-order valence-electron chi connectivity index (χ1n) is 8.53. The molecule has 2 rings (SSSR count). The fourth-order valence-electron chi connectivity index (χ4n) is 4.22. The molecule has 2 nitrogen and oxygen atoms in total. The van der Waals surface area contributed by atoms with E-state index in [2.05, 4.69) is 25.7 Å². The predicted molar refractivity (Wildman–Crippen MR) is 83.3 cm³/mol. The Kier molecular flexibility index (Phi) is 5.30. The molecule has 0 aromatic rings. The Labute approximate surface area is 120 Å². The lowest BCUT2D eigenvalue weighted by molar-refractivity contribution is 0.0945. The lowest BCUT2D eigenvalue weighted by atomic mass is 9.85. The zero-order chi connectivity index (χ0) is 13.9. The average Bonchev–Trinajstić information content (AvgIpc) is 2.54. The molecule has 2 heteroatoms. The topological polar surface area (TPSA) is 29.3 Å². The number of nitrogens with zero attached hydrogens (tertiary/aromatic N) is 1. The molecule has 1 unspecified atom stereocenters. The van der Waals surface area contributed by atoms with Crippen molar-refractivity contribution in [2.24, 2.45) is 11.1 Å². The highest BCUT2D eigenvalue weighted by atomic mass is 15.2. The minimum atomic E-state index is 0.475. The Morgan fingerprint density at radius 3 is 2.21 bits per heavy atom. The van der Waals surface area contributed by atoms with Gasteiger partial charge in [-0.05, 0) is 63.3 Å². The van der Waals surface area contributed by atoms with Crippen LogP contribution in [0.1, 0.15) is 78.6 Å². The van der Waals surface area contributed by atoms with Gasteiger partial charge in [-0.25, -0.2) is 0 Å². The van der Waals surface area contributed by atoms with E-state index in [1.54, 1.807) is 0 Å². The van der Waals surface area contributed by atoms with Crippen LogP contribution in [0.4, 0.5) is 0 Å². The lowest BCUT2D eigenvalue weighted by Crippen LogP contribution is -2.46. The summed E-state index contributed by atoms with van der Waals surface area (Å²) in [6, 6.07) is 2.13. The van der Waals surface area contributed by atoms with Crippen molar-refractivity contribution in [1.82, 2.24) is 4.90 Å². The first kappa shape index (κ1) is 15.3. The third-order valence-electron chi connectivity index (χ3n) is 5.59. The van der Waals surface area contributed by atoms with Crippen molar-refractivity contribution in [3.63, 3.8) is 0 Å².